The SMILES string of the molecule is CC(c1nnc(SCC(=O)O)n1C(C)C)n1cccn1. The topological polar surface area (TPSA) is 85.8 Å². The van der Waals surface area contributed by atoms with Crippen molar-refractivity contribution < 1.29 is 9.90 Å². The van der Waals surface area contributed by atoms with E-state index in [1.807, 2.05) is 37.6 Å². The minimum absolute atomic E-state index is 0.0268. The first-order valence-electron chi connectivity index (χ1n) is 6.29. The highest BCUT2D eigenvalue weighted by Crippen LogP contribution is 2.25. The van der Waals surface area contributed by atoms with E-state index in [4.69, 9.17) is 5.11 Å². The van der Waals surface area contributed by atoms with Crippen LogP contribution in [0.15, 0.2) is 23.6 Å². The maximum Gasteiger partial charge on any atom is 0.313 e. The van der Waals surface area contributed by atoms with Crippen LogP contribution >= 0.6 is 11.8 Å². The predicted molar refractivity (Wildman–Crippen MR) is 74.8 cm³/mol. The van der Waals surface area contributed by atoms with Gasteiger partial charge in [0, 0.05) is 18.4 Å². The van der Waals surface area contributed by atoms with Crippen LogP contribution in [0.2, 0.25) is 0 Å². The van der Waals surface area contributed by atoms with Gasteiger partial charge in [-0.3, -0.25) is 9.48 Å². The highest BCUT2D eigenvalue weighted by Gasteiger charge is 2.21. The smallest absolute Gasteiger partial charge is 0.313 e. The molecule has 20 heavy (non-hydrogen) atoms. The van der Waals surface area contributed by atoms with E-state index in [1.165, 1.54) is 11.8 Å². The summed E-state index contributed by atoms with van der Waals surface area (Å²) >= 11 is 1.18. The molecule has 2 aromatic heterocycles. The molecule has 1 atom stereocenters. The van der Waals surface area contributed by atoms with Crippen molar-refractivity contribution in [3.05, 3.63) is 24.3 Å². The van der Waals surface area contributed by atoms with Crippen molar-refractivity contribution in [2.24, 2.45) is 0 Å². The van der Waals surface area contributed by atoms with Crippen LogP contribution in [-0.4, -0.2) is 41.4 Å². The summed E-state index contributed by atoms with van der Waals surface area (Å²) in [7, 11) is 0. The molecule has 0 aromatic carbocycles. The second-order valence-electron chi connectivity index (χ2n) is 4.65. The number of carboxylic acid groups (broad SMARTS) is 1. The number of hydrogen-bond acceptors (Lipinski definition) is 5. The highest BCUT2D eigenvalue weighted by molar-refractivity contribution is 7.99. The van der Waals surface area contributed by atoms with Gasteiger partial charge in [0.05, 0.1) is 5.75 Å². The van der Waals surface area contributed by atoms with Gasteiger partial charge in [0.15, 0.2) is 11.0 Å². The molecule has 8 heteroatoms. The molecule has 7 nitrogen and oxygen atoms in total. The zero-order chi connectivity index (χ0) is 14.7. The third-order valence-electron chi connectivity index (χ3n) is 2.83. The molecule has 0 saturated carbocycles. The van der Waals surface area contributed by atoms with E-state index < -0.39 is 5.97 Å². The Morgan fingerprint density at radius 2 is 2.15 bits per heavy atom. The Labute approximate surface area is 121 Å². The Morgan fingerprint density at radius 1 is 1.40 bits per heavy atom. The summed E-state index contributed by atoms with van der Waals surface area (Å²) in [6, 6.07) is 1.94. The molecule has 0 fully saturated rings. The van der Waals surface area contributed by atoms with Crippen LogP contribution in [0, 0.1) is 0 Å². The summed E-state index contributed by atoms with van der Waals surface area (Å²) in [5, 5.41) is 21.9. The molecule has 2 rings (SSSR count). The first kappa shape index (κ1) is 14.6. The normalized spacial score (nSPS) is 12.8. The van der Waals surface area contributed by atoms with Crippen molar-refractivity contribution in [2.75, 3.05) is 5.75 Å². The number of hydrogen-bond donors (Lipinski definition) is 1. The summed E-state index contributed by atoms with van der Waals surface area (Å²) in [6.45, 7) is 6.03. The van der Waals surface area contributed by atoms with E-state index in [0.717, 1.165) is 5.82 Å². The molecule has 0 aliphatic rings. The van der Waals surface area contributed by atoms with Crippen LogP contribution in [0.4, 0.5) is 0 Å². The van der Waals surface area contributed by atoms with Crippen LogP contribution in [0.25, 0.3) is 0 Å². The van der Waals surface area contributed by atoms with Crippen molar-refractivity contribution in [1.82, 2.24) is 24.5 Å². The second-order valence-corrected chi connectivity index (χ2v) is 5.59. The quantitative estimate of drug-likeness (QED) is 0.818. The van der Waals surface area contributed by atoms with Crippen LogP contribution in [0.5, 0.6) is 0 Å². The van der Waals surface area contributed by atoms with Crippen LogP contribution in [0.1, 0.15) is 38.7 Å². The predicted octanol–water partition coefficient (Wildman–Crippen LogP) is 1.84. The van der Waals surface area contributed by atoms with Gasteiger partial charge < -0.3 is 9.67 Å². The number of aromatic nitrogens is 5. The molecular weight excluding hydrogens is 278 g/mol. The molecule has 0 aliphatic heterocycles. The largest absolute Gasteiger partial charge is 0.481 e. The van der Waals surface area contributed by atoms with Gasteiger partial charge in [-0.05, 0) is 26.8 Å². The molecule has 0 amide bonds. The van der Waals surface area contributed by atoms with Crippen molar-refractivity contribution in [3.63, 3.8) is 0 Å². The molecule has 0 saturated heterocycles. The summed E-state index contributed by atoms with van der Waals surface area (Å²) < 4.78 is 3.76. The first-order valence-corrected chi connectivity index (χ1v) is 7.27. The molecule has 2 heterocycles. The number of carboxylic acids is 1. The Balaban J connectivity index is 2.31. The van der Waals surface area contributed by atoms with Gasteiger partial charge in [0.25, 0.3) is 0 Å². The maximum absolute atomic E-state index is 10.7. The molecule has 0 bridgehead atoms. The Kier molecular flexibility index (Phi) is 4.43. The van der Waals surface area contributed by atoms with Gasteiger partial charge in [-0.15, -0.1) is 10.2 Å². The number of thioether (sulfide) groups is 1. The fraction of sp³-hybridized carbons (Fsp3) is 0.500. The van der Waals surface area contributed by atoms with Gasteiger partial charge in [-0.1, -0.05) is 11.8 Å². The lowest BCUT2D eigenvalue weighted by Crippen LogP contribution is -2.16. The average Bonchev–Trinajstić information content (AvgIpc) is 3.04. The van der Waals surface area contributed by atoms with E-state index in [1.54, 1.807) is 10.9 Å². The lowest BCUT2D eigenvalue weighted by atomic mass is 10.3. The van der Waals surface area contributed by atoms with E-state index in [9.17, 15) is 4.79 Å². The Bertz CT molecular complexity index is 579. The lowest BCUT2D eigenvalue weighted by molar-refractivity contribution is -0.133. The minimum atomic E-state index is -0.866. The van der Waals surface area contributed by atoms with Crippen molar-refractivity contribution in [2.45, 2.75) is 38.0 Å². The van der Waals surface area contributed by atoms with Crippen LogP contribution in [0.3, 0.4) is 0 Å². The van der Waals surface area contributed by atoms with Gasteiger partial charge in [0.1, 0.15) is 6.04 Å². The van der Waals surface area contributed by atoms with E-state index in [2.05, 4.69) is 15.3 Å². The molecule has 1 N–H and O–H groups in total. The Hall–Kier alpha value is -1.83. The first-order chi connectivity index (χ1) is 9.50. The maximum atomic E-state index is 10.7. The molecule has 0 aliphatic carbocycles. The molecule has 1 unspecified atom stereocenters. The highest BCUT2D eigenvalue weighted by atomic mass is 32.2. The van der Waals surface area contributed by atoms with Crippen molar-refractivity contribution in [3.8, 4) is 0 Å². The number of rotatable bonds is 6. The van der Waals surface area contributed by atoms with Crippen molar-refractivity contribution in [1.29, 1.82) is 0 Å². The molecule has 0 spiro atoms. The second kappa shape index (κ2) is 6.08. The summed E-state index contributed by atoms with van der Waals surface area (Å²) in [6.07, 6.45) is 3.58. The van der Waals surface area contributed by atoms with E-state index in [0.29, 0.717) is 5.16 Å². The fourth-order valence-electron chi connectivity index (χ4n) is 1.91. The van der Waals surface area contributed by atoms with Crippen molar-refractivity contribution >= 4 is 17.7 Å². The van der Waals surface area contributed by atoms with E-state index >= 15 is 0 Å². The third kappa shape index (κ3) is 3.01. The molecule has 108 valence electrons. The number of carbonyl (C=O) groups is 1. The molecule has 2 aromatic rings. The average molecular weight is 295 g/mol. The van der Waals surface area contributed by atoms with Crippen LogP contribution in [-0.2, 0) is 4.79 Å². The summed E-state index contributed by atoms with van der Waals surface area (Å²) in [5.41, 5.74) is 0. The molecule has 0 radical (unpaired) electrons. The van der Waals surface area contributed by atoms with E-state index in [-0.39, 0.29) is 17.8 Å². The van der Waals surface area contributed by atoms with Gasteiger partial charge in [-0.2, -0.15) is 5.10 Å². The number of aliphatic carboxylic acids is 1. The summed E-state index contributed by atoms with van der Waals surface area (Å²) in [5.74, 6) is -0.118. The number of nitrogens with zero attached hydrogens (tertiary/aromatic N) is 5. The standard InChI is InChI=1S/C12H17N5O2S/c1-8(2)17-11(9(3)16-6-4-5-13-16)14-15-12(17)20-7-10(18)19/h4-6,8-9H,7H2,1-3H3,(H,18,19). The molecular formula is C12H17N5O2S. The lowest BCUT2D eigenvalue weighted by Gasteiger charge is -2.17. The van der Waals surface area contributed by atoms with Crippen LogP contribution < -0.4 is 0 Å². The fourth-order valence-corrected chi connectivity index (χ4v) is 2.71. The van der Waals surface area contributed by atoms with Gasteiger partial charge in [0.2, 0.25) is 0 Å². The third-order valence-corrected chi connectivity index (χ3v) is 3.76. The summed E-state index contributed by atoms with van der Waals surface area (Å²) in [4.78, 5) is 10.7. The minimum Gasteiger partial charge on any atom is -0.481 e. The zero-order valence-electron chi connectivity index (χ0n) is 11.6. The monoisotopic (exact) mass is 295 g/mol. The Morgan fingerprint density at radius 3 is 2.70 bits per heavy atom. The van der Waals surface area contributed by atoms with Gasteiger partial charge in [-0.25, -0.2) is 0 Å². The zero-order valence-corrected chi connectivity index (χ0v) is 12.4. The van der Waals surface area contributed by atoms with Gasteiger partial charge >= 0.3 is 5.97 Å².